The molecule has 0 aliphatic rings. The molecule has 3 aromatic rings. The van der Waals surface area contributed by atoms with Gasteiger partial charge in [0.1, 0.15) is 6.54 Å². The van der Waals surface area contributed by atoms with Crippen molar-refractivity contribution >= 4 is 56.4 Å². The van der Waals surface area contributed by atoms with Crippen molar-refractivity contribution in [3.05, 3.63) is 88.4 Å². The van der Waals surface area contributed by atoms with Crippen molar-refractivity contribution in [3.63, 3.8) is 0 Å². The van der Waals surface area contributed by atoms with Gasteiger partial charge in [0.2, 0.25) is 5.91 Å². The second-order valence-electron chi connectivity index (χ2n) is 8.12. The number of hydrogen-bond acceptors (Lipinski definition) is 4. The van der Waals surface area contributed by atoms with E-state index < -0.39 is 22.5 Å². The summed E-state index contributed by atoms with van der Waals surface area (Å²) in [5.41, 5.74) is 0.708. The Hall–Kier alpha value is -3.07. The number of amides is 2. The van der Waals surface area contributed by atoms with Gasteiger partial charge >= 0.3 is 0 Å². The van der Waals surface area contributed by atoms with Crippen LogP contribution in [0.15, 0.2) is 77.7 Å². The van der Waals surface area contributed by atoms with Crippen LogP contribution in [0.1, 0.15) is 24.2 Å². The molecule has 0 saturated heterocycles. The Kier molecular flexibility index (Phi) is 8.77. The number of carbonyl (C=O) groups excluding carboxylic acids is 2. The van der Waals surface area contributed by atoms with E-state index in [1.54, 1.807) is 42.5 Å². The molecule has 184 valence electrons. The number of carbonyl (C=O) groups is 2. The first-order valence-electron chi connectivity index (χ1n) is 10.8. The van der Waals surface area contributed by atoms with Gasteiger partial charge in [-0.05, 0) is 48.4 Å². The van der Waals surface area contributed by atoms with Crippen LogP contribution in [0.4, 0.5) is 11.4 Å². The normalized spacial score (nSPS) is 11.2. The first-order chi connectivity index (χ1) is 16.6. The average molecular weight is 534 g/mol. The lowest BCUT2D eigenvalue weighted by molar-refractivity contribution is -0.114. The smallest absolute Gasteiger partial charge is 0.264 e. The highest BCUT2D eigenvalue weighted by Gasteiger charge is 2.28. The predicted molar refractivity (Wildman–Crippen MR) is 140 cm³/mol. The van der Waals surface area contributed by atoms with Crippen LogP contribution in [-0.4, -0.2) is 33.3 Å². The van der Waals surface area contributed by atoms with Crippen LogP contribution in [0.3, 0.4) is 0 Å². The van der Waals surface area contributed by atoms with E-state index in [-0.39, 0.29) is 43.7 Å². The molecule has 0 bridgehead atoms. The standard InChI is InChI=1S/C25H25Cl2N3O4S/c1-17(2)15-28-25(32)20-10-6-7-11-23(20)29-24(31)16-30(18-12-13-21(26)22(27)14-18)35(33,34)19-8-4-3-5-9-19/h3-14,17H,15-16H2,1-2H3,(H,28,32)(H,29,31). The molecule has 3 aromatic carbocycles. The SMILES string of the molecule is CC(C)CNC(=O)c1ccccc1NC(=O)CN(c1ccc(Cl)c(Cl)c1)S(=O)(=O)c1ccccc1. The van der Waals surface area contributed by atoms with Crippen molar-refractivity contribution in [2.45, 2.75) is 18.7 Å². The Morgan fingerprint density at radius 1 is 0.914 bits per heavy atom. The largest absolute Gasteiger partial charge is 0.352 e. The van der Waals surface area contributed by atoms with Crippen LogP contribution in [-0.2, 0) is 14.8 Å². The number of para-hydroxylation sites is 1. The van der Waals surface area contributed by atoms with Crippen LogP contribution in [0.5, 0.6) is 0 Å². The molecule has 0 aromatic heterocycles. The maximum atomic E-state index is 13.4. The summed E-state index contributed by atoms with van der Waals surface area (Å²) in [6.07, 6.45) is 0. The summed E-state index contributed by atoms with van der Waals surface area (Å²) >= 11 is 12.1. The molecule has 7 nitrogen and oxygen atoms in total. The third-order valence-electron chi connectivity index (χ3n) is 4.93. The first kappa shape index (κ1) is 26.5. The number of hydrogen-bond donors (Lipinski definition) is 2. The van der Waals surface area contributed by atoms with Gasteiger partial charge < -0.3 is 10.6 Å². The van der Waals surface area contributed by atoms with E-state index in [0.717, 1.165) is 4.31 Å². The van der Waals surface area contributed by atoms with Crippen molar-refractivity contribution < 1.29 is 18.0 Å². The number of benzene rings is 3. The van der Waals surface area contributed by atoms with E-state index >= 15 is 0 Å². The third kappa shape index (κ3) is 6.75. The number of rotatable bonds is 9. The van der Waals surface area contributed by atoms with Crippen molar-refractivity contribution in [1.29, 1.82) is 0 Å². The Bertz CT molecular complexity index is 1320. The molecule has 0 heterocycles. The number of nitrogens with zero attached hydrogens (tertiary/aromatic N) is 1. The highest BCUT2D eigenvalue weighted by molar-refractivity contribution is 7.92. The molecule has 0 unspecified atom stereocenters. The van der Waals surface area contributed by atoms with Crippen LogP contribution in [0, 0.1) is 5.92 Å². The Labute approximate surface area is 215 Å². The van der Waals surface area contributed by atoms with Gasteiger partial charge in [-0.2, -0.15) is 0 Å². The molecule has 35 heavy (non-hydrogen) atoms. The van der Waals surface area contributed by atoms with Crippen molar-refractivity contribution in [1.82, 2.24) is 5.32 Å². The minimum atomic E-state index is -4.12. The molecule has 0 aliphatic carbocycles. The van der Waals surface area contributed by atoms with Crippen molar-refractivity contribution in [2.24, 2.45) is 5.92 Å². The average Bonchev–Trinajstić information content (AvgIpc) is 2.83. The van der Waals surface area contributed by atoms with Crippen LogP contribution < -0.4 is 14.9 Å². The summed E-state index contributed by atoms with van der Waals surface area (Å²) in [4.78, 5) is 25.7. The number of nitrogens with one attached hydrogen (secondary N) is 2. The highest BCUT2D eigenvalue weighted by atomic mass is 35.5. The minimum absolute atomic E-state index is 0.00679. The zero-order chi connectivity index (χ0) is 25.6. The maximum absolute atomic E-state index is 13.4. The lowest BCUT2D eigenvalue weighted by Gasteiger charge is -2.24. The molecule has 0 fully saturated rings. The second-order valence-corrected chi connectivity index (χ2v) is 10.8. The Morgan fingerprint density at radius 3 is 2.23 bits per heavy atom. The molecular weight excluding hydrogens is 509 g/mol. The zero-order valence-electron chi connectivity index (χ0n) is 19.2. The fourth-order valence-electron chi connectivity index (χ4n) is 3.18. The summed E-state index contributed by atoms with van der Waals surface area (Å²) in [7, 11) is -4.12. The third-order valence-corrected chi connectivity index (χ3v) is 7.45. The van der Waals surface area contributed by atoms with Crippen LogP contribution in [0.25, 0.3) is 0 Å². The molecule has 2 N–H and O–H groups in total. The van der Waals surface area contributed by atoms with Crippen molar-refractivity contribution in [3.8, 4) is 0 Å². The van der Waals surface area contributed by atoms with Gasteiger partial charge in [0, 0.05) is 6.54 Å². The minimum Gasteiger partial charge on any atom is -0.352 e. The van der Waals surface area contributed by atoms with Gasteiger partial charge in [0.25, 0.3) is 15.9 Å². The molecule has 3 rings (SSSR count). The fourth-order valence-corrected chi connectivity index (χ4v) is 4.90. The molecule has 10 heteroatoms. The zero-order valence-corrected chi connectivity index (χ0v) is 21.5. The fraction of sp³-hybridized carbons (Fsp3) is 0.200. The Morgan fingerprint density at radius 2 is 1.57 bits per heavy atom. The first-order valence-corrected chi connectivity index (χ1v) is 13.0. The predicted octanol–water partition coefficient (Wildman–Crippen LogP) is 5.21. The van der Waals surface area contributed by atoms with E-state index in [9.17, 15) is 18.0 Å². The number of sulfonamides is 1. The summed E-state index contributed by atoms with van der Waals surface area (Å²) in [6.45, 7) is 3.86. The maximum Gasteiger partial charge on any atom is 0.264 e. The van der Waals surface area contributed by atoms with Gasteiger partial charge in [0.15, 0.2) is 0 Å². The van der Waals surface area contributed by atoms with Gasteiger partial charge in [-0.1, -0.05) is 67.4 Å². The number of halogens is 2. The summed E-state index contributed by atoms with van der Waals surface area (Å²) in [6, 6.07) is 18.6. The van der Waals surface area contributed by atoms with Gasteiger partial charge in [0.05, 0.1) is 31.9 Å². The summed E-state index contributed by atoms with van der Waals surface area (Å²) in [5, 5.41) is 5.87. The lowest BCUT2D eigenvalue weighted by atomic mass is 10.1. The molecule has 0 atom stereocenters. The van der Waals surface area contributed by atoms with E-state index in [2.05, 4.69) is 10.6 Å². The van der Waals surface area contributed by atoms with E-state index in [1.807, 2.05) is 13.8 Å². The van der Waals surface area contributed by atoms with Gasteiger partial charge in [-0.3, -0.25) is 13.9 Å². The molecule has 0 radical (unpaired) electrons. The molecule has 0 saturated carbocycles. The topological polar surface area (TPSA) is 95.6 Å². The van der Waals surface area contributed by atoms with E-state index in [0.29, 0.717) is 6.54 Å². The van der Waals surface area contributed by atoms with E-state index in [4.69, 9.17) is 23.2 Å². The molecule has 0 spiro atoms. The van der Waals surface area contributed by atoms with E-state index in [1.165, 1.54) is 30.3 Å². The van der Waals surface area contributed by atoms with Crippen molar-refractivity contribution in [2.75, 3.05) is 22.7 Å². The summed E-state index contributed by atoms with van der Waals surface area (Å²) in [5.74, 6) is -0.726. The molecular formula is C25H25Cl2N3O4S. The van der Waals surface area contributed by atoms with Gasteiger partial charge in [-0.15, -0.1) is 0 Å². The quantitative estimate of drug-likeness (QED) is 0.394. The molecule has 2 amide bonds. The van der Waals surface area contributed by atoms with Gasteiger partial charge in [-0.25, -0.2) is 8.42 Å². The number of anilines is 2. The Balaban J connectivity index is 1.91. The highest BCUT2D eigenvalue weighted by Crippen LogP contribution is 2.30. The lowest BCUT2D eigenvalue weighted by Crippen LogP contribution is -2.38. The second kappa shape index (κ2) is 11.6. The van der Waals surface area contributed by atoms with Crippen LogP contribution >= 0.6 is 23.2 Å². The molecule has 0 aliphatic heterocycles. The van der Waals surface area contributed by atoms with Crippen LogP contribution in [0.2, 0.25) is 10.0 Å². The monoisotopic (exact) mass is 533 g/mol. The summed E-state index contributed by atoms with van der Waals surface area (Å²) < 4.78 is 27.8.